The van der Waals surface area contributed by atoms with Crippen LogP contribution >= 0.6 is 0 Å². The summed E-state index contributed by atoms with van der Waals surface area (Å²) in [6.07, 6.45) is 7.19. The van der Waals surface area contributed by atoms with Crippen LogP contribution in [-0.4, -0.2) is 67.1 Å². The Morgan fingerprint density at radius 3 is 2.74 bits per heavy atom. The summed E-state index contributed by atoms with van der Waals surface area (Å²) in [6.45, 7) is 9.73. The van der Waals surface area contributed by atoms with E-state index in [4.69, 9.17) is 9.15 Å². The van der Waals surface area contributed by atoms with Crippen LogP contribution < -0.4 is 4.90 Å². The van der Waals surface area contributed by atoms with Gasteiger partial charge in [-0.05, 0) is 36.3 Å². The van der Waals surface area contributed by atoms with Crippen molar-refractivity contribution in [3.8, 4) is 0 Å². The van der Waals surface area contributed by atoms with Crippen LogP contribution in [-0.2, 0) is 11.2 Å². The number of nitrogens with zero attached hydrogens (tertiary/aromatic N) is 3. The van der Waals surface area contributed by atoms with Crippen LogP contribution in [0.15, 0.2) is 41.1 Å². The normalized spacial score (nSPS) is 15.9. The third kappa shape index (κ3) is 6.27. The minimum absolute atomic E-state index is 0.0473. The predicted molar refractivity (Wildman–Crippen MR) is 136 cm³/mol. The van der Waals surface area contributed by atoms with Gasteiger partial charge in [-0.1, -0.05) is 38.5 Å². The number of rotatable bonds is 12. The zero-order valence-electron chi connectivity index (χ0n) is 20.8. The van der Waals surface area contributed by atoms with Gasteiger partial charge in [0.15, 0.2) is 11.5 Å². The SMILES string of the molecule is COCCN1CCN(c2ncc(C(=O)CC(CCC(C)C)Cc3c[nH]c4ccccc34)o2)CC1. The molecule has 1 unspecified atom stereocenters. The van der Waals surface area contributed by atoms with Crippen molar-refractivity contribution < 1.29 is 13.9 Å². The maximum absolute atomic E-state index is 13.2. The van der Waals surface area contributed by atoms with Gasteiger partial charge in [0, 0.05) is 63.4 Å². The molecule has 0 spiro atoms. The molecule has 2 aromatic heterocycles. The quantitative estimate of drug-likeness (QED) is 0.387. The lowest BCUT2D eigenvalue weighted by atomic mass is 9.87. The molecule has 1 saturated heterocycles. The lowest BCUT2D eigenvalue weighted by Crippen LogP contribution is -2.47. The number of carbonyl (C=O) groups is 1. The Morgan fingerprint density at radius 2 is 1.97 bits per heavy atom. The van der Waals surface area contributed by atoms with Gasteiger partial charge in [-0.15, -0.1) is 0 Å². The highest BCUT2D eigenvalue weighted by molar-refractivity contribution is 5.93. The molecule has 34 heavy (non-hydrogen) atoms. The molecular formula is C27H38N4O3. The Labute approximate surface area is 202 Å². The third-order valence-electron chi connectivity index (χ3n) is 6.83. The van der Waals surface area contributed by atoms with Gasteiger partial charge in [0.2, 0.25) is 0 Å². The minimum Gasteiger partial charge on any atom is -0.420 e. The molecule has 1 aliphatic heterocycles. The summed E-state index contributed by atoms with van der Waals surface area (Å²) in [6, 6.07) is 8.93. The van der Waals surface area contributed by atoms with E-state index in [0.29, 0.717) is 24.1 Å². The van der Waals surface area contributed by atoms with Crippen LogP contribution in [0.4, 0.5) is 6.01 Å². The van der Waals surface area contributed by atoms with Crippen LogP contribution in [0.3, 0.4) is 0 Å². The maximum atomic E-state index is 13.2. The number of para-hydroxylation sites is 1. The molecule has 1 fully saturated rings. The fourth-order valence-electron chi connectivity index (χ4n) is 4.74. The number of hydrogen-bond acceptors (Lipinski definition) is 6. The van der Waals surface area contributed by atoms with Gasteiger partial charge in [0.1, 0.15) is 0 Å². The number of oxazole rings is 1. The molecule has 0 saturated carbocycles. The topological polar surface area (TPSA) is 74.6 Å². The second-order valence-corrected chi connectivity index (χ2v) is 9.86. The number of hydrogen-bond donors (Lipinski definition) is 1. The number of fused-ring (bicyclic) bond motifs is 1. The highest BCUT2D eigenvalue weighted by Gasteiger charge is 2.24. The predicted octanol–water partition coefficient (Wildman–Crippen LogP) is 4.79. The molecule has 1 aromatic carbocycles. The Kier molecular flexibility index (Phi) is 8.40. The molecule has 3 heterocycles. The van der Waals surface area contributed by atoms with E-state index >= 15 is 0 Å². The van der Waals surface area contributed by atoms with Crippen LogP contribution in [0.1, 0.15) is 49.2 Å². The van der Waals surface area contributed by atoms with Gasteiger partial charge >= 0.3 is 0 Å². The number of H-pyrrole nitrogens is 1. The fraction of sp³-hybridized carbons (Fsp3) is 0.556. The number of ketones is 1. The van der Waals surface area contributed by atoms with E-state index < -0.39 is 0 Å². The minimum atomic E-state index is 0.0473. The molecule has 0 radical (unpaired) electrons. The van der Waals surface area contributed by atoms with Gasteiger partial charge in [-0.2, -0.15) is 0 Å². The summed E-state index contributed by atoms with van der Waals surface area (Å²) in [5.41, 5.74) is 2.43. The monoisotopic (exact) mass is 466 g/mol. The van der Waals surface area contributed by atoms with Crippen molar-refractivity contribution in [2.24, 2.45) is 11.8 Å². The summed E-state index contributed by atoms with van der Waals surface area (Å²) in [4.78, 5) is 25.5. The number of nitrogens with one attached hydrogen (secondary N) is 1. The Morgan fingerprint density at radius 1 is 1.18 bits per heavy atom. The summed E-state index contributed by atoms with van der Waals surface area (Å²) in [5.74, 6) is 1.31. The summed E-state index contributed by atoms with van der Waals surface area (Å²) < 4.78 is 11.1. The molecule has 0 amide bonds. The van der Waals surface area contributed by atoms with E-state index in [-0.39, 0.29) is 11.7 Å². The highest BCUT2D eigenvalue weighted by Crippen LogP contribution is 2.27. The average Bonchev–Trinajstić information content (AvgIpc) is 3.49. The zero-order valence-corrected chi connectivity index (χ0v) is 20.8. The van der Waals surface area contributed by atoms with E-state index in [0.717, 1.165) is 64.1 Å². The van der Waals surface area contributed by atoms with Gasteiger partial charge in [0.25, 0.3) is 6.01 Å². The summed E-state index contributed by atoms with van der Waals surface area (Å²) in [5, 5.41) is 1.25. The number of ether oxygens (including phenoxy) is 1. The van der Waals surface area contributed by atoms with E-state index in [1.807, 2.05) is 6.07 Å². The summed E-state index contributed by atoms with van der Waals surface area (Å²) in [7, 11) is 1.73. The molecule has 3 aromatic rings. The van der Waals surface area contributed by atoms with Crippen molar-refractivity contribution in [3.05, 3.63) is 48.0 Å². The van der Waals surface area contributed by atoms with Crippen LogP contribution in [0.2, 0.25) is 0 Å². The highest BCUT2D eigenvalue weighted by atomic mass is 16.5. The number of piperazine rings is 1. The first-order valence-corrected chi connectivity index (χ1v) is 12.5. The van der Waals surface area contributed by atoms with Crippen molar-refractivity contribution in [3.63, 3.8) is 0 Å². The first-order valence-electron chi connectivity index (χ1n) is 12.5. The molecule has 1 N–H and O–H groups in total. The van der Waals surface area contributed by atoms with Crippen LogP contribution in [0, 0.1) is 11.8 Å². The van der Waals surface area contributed by atoms with E-state index in [9.17, 15) is 4.79 Å². The third-order valence-corrected chi connectivity index (χ3v) is 6.83. The number of benzene rings is 1. The van der Waals surface area contributed by atoms with E-state index in [2.05, 4.69) is 58.0 Å². The second kappa shape index (κ2) is 11.7. The smallest absolute Gasteiger partial charge is 0.297 e. The number of Topliss-reactive ketones (excluding diaryl/α,β-unsaturated/α-hetero) is 1. The average molecular weight is 467 g/mol. The first kappa shape index (κ1) is 24.5. The van der Waals surface area contributed by atoms with Crippen molar-refractivity contribution >= 4 is 22.7 Å². The summed E-state index contributed by atoms with van der Waals surface area (Å²) >= 11 is 0. The van der Waals surface area contributed by atoms with E-state index in [1.165, 1.54) is 10.9 Å². The number of carbonyl (C=O) groups excluding carboxylic acids is 1. The van der Waals surface area contributed by atoms with Crippen molar-refractivity contribution in [1.29, 1.82) is 0 Å². The lowest BCUT2D eigenvalue weighted by molar-refractivity contribution is 0.0930. The van der Waals surface area contributed by atoms with Crippen molar-refractivity contribution in [2.45, 2.75) is 39.5 Å². The molecule has 7 nitrogen and oxygen atoms in total. The van der Waals surface area contributed by atoms with E-state index in [1.54, 1.807) is 13.3 Å². The Balaban J connectivity index is 1.38. The number of aromatic amines is 1. The number of anilines is 1. The molecule has 1 aliphatic rings. The van der Waals surface area contributed by atoms with Gasteiger partial charge in [-0.25, -0.2) is 4.98 Å². The van der Waals surface area contributed by atoms with Crippen LogP contribution in [0.25, 0.3) is 10.9 Å². The van der Waals surface area contributed by atoms with Crippen molar-refractivity contribution in [1.82, 2.24) is 14.9 Å². The van der Waals surface area contributed by atoms with Crippen LogP contribution in [0.5, 0.6) is 0 Å². The molecular weight excluding hydrogens is 428 g/mol. The molecule has 7 heteroatoms. The fourth-order valence-corrected chi connectivity index (χ4v) is 4.74. The van der Waals surface area contributed by atoms with Gasteiger partial charge < -0.3 is 19.0 Å². The molecule has 0 bridgehead atoms. The number of aromatic nitrogens is 2. The standard InChI is InChI=1S/C27H38N4O3/c1-20(2)8-9-21(16-22-18-28-24-7-5-4-6-23(22)24)17-25(32)26-19-29-27(34-26)31-12-10-30(11-13-31)14-15-33-3/h4-7,18-21,28H,8-17H2,1-3H3. The van der Waals surface area contributed by atoms with Crippen molar-refractivity contribution in [2.75, 3.05) is 51.3 Å². The Hall–Kier alpha value is -2.64. The second-order valence-electron chi connectivity index (χ2n) is 9.86. The van der Waals surface area contributed by atoms with Gasteiger partial charge in [0.05, 0.1) is 12.8 Å². The molecule has 184 valence electrons. The number of methoxy groups -OCH3 is 1. The largest absolute Gasteiger partial charge is 0.420 e. The van der Waals surface area contributed by atoms with Gasteiger partial charge in [-0.3, -0.25) is 9.69 Å². The maximum Gasteiger partial charge on any atom is 0.297 e. The Bertz CT molecular complexity index is 1050. The lowest BCUT2D eigenvalue weighted by Gasteiger charge is -2.33. The molecule has 4 rings (SSSR count). The molecule has 1 atom stereocenters. The molecule has 0 aliphatic carbocycles. The first-order chi connectivity index (χ1) is 16.5. The zero-order chi connectivity index (χ0) is 23.9.